The van der Waals surface area contributed by atoms with Gasteiger partial charge in [-0.25, -0.2) is 0 Å². The molecule has 1 aliphatic heterocycles. The monoisotopic (exact) mass is 157 g/mol. The largest absolute Gasteiger partial charge is 0.481 e. The van der Waals surface area contributed by atoms with Crippen molar-refractivity contribution in [2.24, 2.45) is 0 Å². The van der Waals surface area contributed by atoms with Crippen molar-refractivity contribution in [2.75, 3.05) is 6.54 Å². The van der Waals surface area contributed by atoms with Gasteiger partial charge in [0.25, 0.3) is 0 Å². The van der Waals surface area contributed by atoms with Crippen molar-refractivity contribution in [2.45, 2.75) is 38.1 Å². The maximum atomic E-state index is 10.2. The first-order valence-corrected chi connectivity index (χ1v) is 4.24. The average molecular weight is 157 g/mol. The summed E-state index contributed by atoms with van der Waals surface area (Å²) in [6.45, 7) is 1.11. The van der Waals surface area contributed by atoms with Gasteiger partial charge in [-0.15, -0.1) is 0 Å². The molecule has 1 saturated heterocycles. The van der Waals surface area contributed by atoms with Crippen LogP contribution in [0.1, 0.15) is 32.1 Å². The van der Waals surface area contributed by atoms with Crippen molar-refractivity contribution in [1.82, 2.24) is 5.32 Å². The molecule has 0 bridgehead atoms. The zero-order valence-corrected chi connectivity index (χ0v) is 6.68. The lowest BCUT2D eigenvalue weighted by atomic mass is 10.1. The molecule has 0 aliphatic carbocycles. The Labute approximate surface area is 66.8 Å². The first-order chi connectivity index (χ1) is 5.29. The third kappa shape index (κ3) is 3.37. The molecule has 3 nitrogen and oxygen atoms in total. The first-order valence-electron chi connectivity index (χ1n) is 4.24. The van der Waals surface area contributed by atoms with Gasteiger partial charge in [0.05, 0.1) is 0 Å². The lowest BCUT2D eigenvalue weighted by molar-refractivity contribution is -0.137. The molecule has 1 atom stereocenters. The molecule has 1 rings (SSSR count). The summed E-state index contributed by atoms with van der Waals surface area (Å²) < 4.78 is 0. The lowest BCUT2D eigenvalue weighted by Crippen LogP contribution is -2.21. The van der Waals surface area contributed by atoms with E-state index in [1.807, 2.05) is 0 Å². The van der Waals surface area contributed by atoms with E-state index in [2.05, 4.69) is 5.32 Å². The highest BCUT2D eigenvalue weighted by Gasteiger charge is 2.13. The number of hydrogen-bond acceptors (Lipinski definition) is 2. The van der Waals surface area contributed by atoms with Gasteiger partial charge in [0.15, 0.2) is 0 Å². The van der Waals surface area contributed by atoms with Crippen LogP contribution in [-0.2, 0) is 4.79 Å². The second kappa shape index (κ2) is 4.34. The number of aliphatic carboxylic acids is 1. The van der Waals surface area contributed by atoms with E-state index in [4.69, 9.17) is 5.11 Å². The van der Waals surface area contributed by atoms with E-state index in [1.54, 1.807) is 0 Å². The van der Waals surface area contributed by atoms with Crippen molar-refractivity contribution >= 4 is 5.97 Å². The Balaban J connectivity index is 1.98. The molecule has 0 radical (unpaired) electrons. The highest BCUT2D eigenvalue weighted by Crippen LogP contribution is 2.11. The van der Waals surface area contributed by atoms with Crippen molar-refractivity contribution in [3.8, 4) is 0 Å². The molecule has 0 aromatic rings. The van der Waals surface area contributed by atoms with Gasteiger partial charge in [0, 0.05) is 12.5 Å². The fraction of sp³-hybridized carbons (Fsp3) is 0.875. The van der Waals surface area contributed by atoms with Crippen LogP contribution in [-0.4, -0.2) is 23.7 Å². The van der Waals surface area contributed by atoms with Crippen LogP contribution in [0.3, 0.4) is 0 Å². The smallest absolute Gasteiger partial charge is 0.303 e. The van der Waals surface area contributed by atoms with Crippen molar-refractivity contribution in [3.05, 3.63) is 0 Å². The van der Waals surface area contributed by atoms with Crippen LogP contribution in [0.2, 0.25) is 0 Å². The van der Waals surface area contributed by atoms with E-state index in [1.165, 1.54) is 12.8 Å². The maximum Gasteiger partial charge on any atom is 0.303 e. The summed E-state index contributed by atoms with van der Waals surface area (Å²) in [4.78, 5) is 10.2. The van der Waals surface area contributed by atoms with Crippen molar-refractivity contribution < 1.29 is 9.90 Å². The SMILES string of the molecule is O=C(O)CCC[C@@H]1CCCN1. The van der Waals surface area contributed by atoms with E-state index in [0.29, 0.717) is 12.5 Å². The number of nitrogens with one attached hydrogen (secondary N) is 1. The highest BCUT2D eigenvalue weighted by molar-refractivity contribution is 5.66. The molecule has 0 aromatic carbocycles. The highest BCUT2D eigenvalue weighted by atomic mass is 16.4. The van der Waals surface area contributed by atoms with Crippen molar-refractivity contribution in [1.29, 1.82) is 0 Å². The minimum absolute atomic E-state index is 0.318. The summed E-state index contributed by atoms with van der Waals surface area (Å²) in [7, 11) is 0. The minimum Gasteiger partial charge on any atom is -0.481 e. The molecule has 1 aliphatic rings. The summed E-state index contributed by atoms with van der Waals surface area (Å²) in [5, 5.41) is 11.7. The normalized spacial score (nSPS) is 23.8. The van der Waals surface area contributed by atoms with E-state index in [9.17, 15) is 4.79 Å². The molecule has 1 fully saturated rings. The third-order valence-electron chi connectivity index (χ3n) is 2.11. The fourth-order valence-electron chi connectivity index (χ4n) is 1.50. The van der Waals surface area contributed by atoms with Crippen LogP contribution < -0.4 is 5.32 Å². The molecule has 0 amide bonds. The first kappa shape index (κ1) is 8.53. The zero-order chi connectivity index (χ0) is 8.10. The summed E-state index contributed by atoms with van der Waals surface area (Å²) in [5.41, 5.74) is 0. The molecule has 0 spiro atoms. The third-order valence-corrected chi connectivity index (χ3v) is 2.11. The molecule has 64 valence electrons. The number of carbonyl (C=O) groups is 1. The van der Waals surface area contributed by atoms with Crippen LogP contribution in [0.15, 0.2) is 0 Å². The average Bonchev–Trinajstić information content (AvgIpc) is 2.39. The number of rotatable bonds is 4. The van der Waals surface area contributed by atoms with Gasteiger partial charge >= 0.3 is 5.97 Å². The second-order valence-electron chi connectivity index (χ2n) is 3.08. The van der Waals surface area contributed by atoms with E-state index >= 15 is 0 Å². The van der Waals surface area contributed by atoms with Crippen molar-refractivity contribution in [3.63, 3.8) is 0 Å². The lowest BCUT2D eigenvalue weighted by Gasteiger charge is -2.07. The van der Waals surface area contributed by atoms with E-state index < -0.39 is 5.97 Å². The Hall–Kier alpha value is -0.570. The summed E-state index contributed by atoms with van der Waals surface area (Å²) in [5.74, 6) is -0.678. The van der Waals surface area contributed by atoms with Gasteiger partial charge < -0.3 is 10.4 Å². The Morgan fingerprint density at radius 1 is 1.64 bits per heavy atom. The molecule has 11 heavy (non-hydrogen) atoms. The predicted octanol–water partition coefficient (Wildman–Crippen LogP) is 0.993. The second-order valence-corrected chi connectivity index (χ2v) is 3.08. The van der Waals surface area contributed by atoms with Crippen LogP contribution in [0.25, 0.3) is 0 Å². The topological polar surface area (TPSA) is 49.3 Å². The molecule has 1 heterocycles. The standard InChI is InChI=1S/C8H15NO2/c10-8(11)5-1-3-7-4-2-6-9-7/h7,9H,1-6H2,(H,10,11)/t7-/m1/s1. The van der Waals surface area contributed by atoms with Gasteiger partial charge in [-0.1, -0.05) is 0 Å². The number of hydrogen-bond donors (Lipinski definition) is 2. The maximum absolute atomic E-state index is 10.2. The molecule has 3 heteroatoms. The van der Waals surface area contributed by atoms with Crippen LogP contribution in [0.5, 0.6) is 0 Å². The van der Waals surface area contributed by atoms with Gasteiger partial charge in [-0.2, -0.15) is 0 Å². The molecular formula is C8H15NO2. The van der Waals surface area contributed by atoms with Gasteiger partial charge in [-0.05, 0) is 32.2 Å². The molecule has 2 N–H and O–H groups in total. The molecule has 0 unspecified atom stereocenters. The molecule has 0 saturated carbocycles. The van der Waals surface area contributed by atoms with Crippen LogP contribution >= 0.6 is 0 Å². The Morgan fingerprint density at radius 2 is 2.45 bits per heavy atom. The quantitative estimate of drug-likeness (QED) is 0.640. The van der Waals surface area contributed by atoms with E-state index in [-0.39, 0.29) is 0 Å². The minimum atomic E-state index is -0.678. The molecule has 0 aromatic heterocycles. The van der Waals surface area contributed by atoms with Crippen LogP contribution in [0, 0.1) is 0 Å². The Morgan fingerprint density at radius 3 is 3.00 bits per heavy atom. The number of carboxylic acids is 1. The summed E-state index contributed by atoms with van der Waals surface area (Å²) in [6.07, 6.45) is 4.62. The fourth-order valence-corrected chi connectivity index (χ4v) is 1.50. The van der Waals surface area contributed by atoms with Gasteiger partial charge in [0.2, 0.25) is 0 Å². The van der Waals surface area contributed by atoms with Gasteiger partial charge in [0.1, 0.15) is 0 Å². The summed E-state index contributed by atoms with van der Waals surface area (Å²) in [6, 6.07) is 0.592. The zero-order valence-electron chi connectivity index (χ0n) is 6.68. The number of carboxylic acid groups (broad SMARTS) is 1. The molecular weight excluding hydrogens is 142 g/mol. The van der Waals surface area contributed by atoms with Gasteiger partial charge in [-0.3, -0.25) is 4.79 Å². The predicted molar refractivity (Wildman–Crippen MR) is 42.5 cm³/mol. The Bertz CT molecular complexity index is 130. The Kier molecular flexibility index (Phi) is 3.36. The van der Waals surface area contributed by atoms with Crippen LogP contribution in [0.4, 0.5) is 0 Å². The summed E-state index contributed by atoms with van der Waals surface area (Å²) >= 11 is 0. The van der Waals surface area contributed by atoms with E-state index in [0.717, 1.165) is 19.4 Å².